The molecule has 2 N–H and O–H groups in total. The van der Waals surface area contributed by atoms with Gasteiger partial charge in [0.05, 0.1) is 18.3 Å². The molecule has 2 aromatic heterocycles. The first kappa shape index (κ1) is 22.8. The van der Waals surface area contributed by atoms with Crippen molar-refractivity contribution in [1.29, 1.82) is 0 Å². The van der Waals surface area contributed by atoms with Crippen molar-refractivity contribution in [2.45, 2.75) is 31.8 Å². The average molecular weight is 432 g/mol. The number of thiophene rings is 1. The van der Waals surface area contributed by atoms with E-state index in [0.29, 0.717) is 6.04 Å². The minimum atomic E-state index is 0.230. The molecule has 0 radical (unpaired) electrons. The molecule has 3 heterocycles. The Balaban J connectivity index is 1.59. The maximum absolute atomic E-state index is 4.47. The number of guanidine groups is 1. The Kier molecular flexibility index (Phi) is 8.30. The molecule has 3 rings (SSSR count). The van der Waals surface area contributed by atoms with Crippen LogP contribution in [-0.2, 0) is 7.05 Å². The highest BCUT2D eigenvalue weighted by Gasteiger charge is 2.25. The van der Waals surface area contributed by atoms with Crippen LogP contribution in [0.4, 0.5) is 0 Å². The zero-order valence-electron chi connectivity index (χ0n) is 19.0. The molecular weight excluding hydrogens is 394 g/mol. The van der Waals surface area contributed by atoms with E-state index in [9.17, 15) is 0 Å². The molecule has 2 unspecified atom stereocenters. The van der Waals surface area contributed by atoms with Gasteiger partial charge in [-0.15, -0.1) is 11.3 Å². The molecule has 0 aliphatic carbocycles. The smallest absolute Gasteiger partial charge is 0.191 e. The lowest BCUT2D eigenvalue weighted by Gasteiger charge is -2.36. The third kappa shape index (κ3) is 6.06. The van der Waals surface area contributed by atoms with Crippen LogP contribution in [0.5, 0.6) is 0 Å². The highest BCUT2D eigenvalue weighted by molar-refractivity contribution is 7.10. The Morgan fingerprint density at radius 2 is 2.03 bits per heavy atom. The molecule has 0 saturated carbocycles. The minimum Gasteiger partial charge on any atom is -0.354 e. The van der Waals surface area contributed by atoms with E-state index in [1.54, 1.807) is 0 Å². The first-order chi connectivity index (χ1) is 14.5. The number of nitrogens with one attached hydrogen (secondary N) is 2. The van der Waals surface area contributed by atoms with Crippen LogP contribution in [0.15, 0.2) is 34.9 Å². The summed E-state index contributed by atoms with van der Waals surface area (Å²) in [5, 5.41) is 13.6. The quantitative estimate of drug-likeness (QED) is 0.497. The van der Waals surface area contributed by atoms with Gasteiger partial charge in [0.15, 0.2) is 5.96 Å². The number of aromatic nitrogens is 2. The van der Waals surface area contributed by atoms with Gasteiger partial charge in [-0.05, 0) is 57.4 Å². The molecule has 7 nitrogen and oxygen atoms in total. The average Bonchev–Trinajstić information content (AvgIpc) is 3.40. The summed E-state index contributed by atoms with van der Waals surface area (Å²) in [6, 6.07) is 5.03. The Morgan fingerprint density at radius 1 is 1.30 bits per heavy atom. The van der Waals surface area contributed by atoms with Crippen molar-refractivity contribution in [3.8, 4) is 0 Å². The molecule has 0 spiro atoms. The molecular formula is C22H37N7S. The van der Waals surface area contributed by atoms with Crippen molar-refractivity contribution in [1.82, 2.24) is 30.2 Å². The maximum Gasteiger partial charge on any atom is 0.191 e. The molecule has 0 amide bonds. The van der Waals surface area contributed by atoms with Crippen LogP contribution < -0.4 is 10.6 Å². The Morgan fingerprint density at radius 3 is 2.60 bits per heavy atom. The van der Waals surface area contributed by atoms with E-state index in [0.717, 1.165) is 25.0 Å². The molecule has 1 aliphatic rings. The van der Waals surface area contributed by atoms with Gasteiger partial charge in [-0.1, -0.05) is 13.0 Å². The molecule has 0 bridgehead atoms. The molecule has 166 valence electrons. The van der Waals surface area contributed by atoms with E-state index in [2.05, 4.69) is 75.3 Å². The summed E-state index contributed by atoms with van der Waals surface area (Å²) in [7, 11) is 7.99. The van der Waals surface area contributed by atoms with Crippen molar-refractivity contribution in [2.24, 2.45) is 18.0 Å². The zero-order chi connectivity index (χ0) is 21.5. The number of hydrogen-bond donors (Lipinski definition) is 2. The summed E-state index contributed by atoms with van der Waals surface area (Å²) < 4.78 is 1.85. The van der Waals surface area contributed by atoms with Gasteiger partial charge in [0.25, 0.3) is 0 Å². The summed E-state index contributed by atoms with van der Waals surface area (Å²) >= 11 is 1.85. The Labute approximate surface area is 185 Å². The Hall–Kier alpha value is -1.90. The summed E-state index contributed by atoms with van der Waals surface area (Å²) in [6.45, 7) is 6.32. The van der Waals surface area contributed by atoms with Crippen LogP contribution in [0.1, 0.15) is 42.3 Å². The molecule has 2 aromatic rings. The summed E-state index contributed by atoms with van der Waals surface area (Å²) in [6.07, 6.45) is 6.58. The van der Waals surface area contributed by atoms with Crippen LogP contribution in [0.2, 0.25) is 0 Å². The predicted octanol–water partition coefficient (Wildman–Crippen LogP) is 2.72. The molecule has 30 heavy (non-hydrogen) atoms. The van der Waals surface area contributed by atoms with Crippen molar-refractivity contribution in [2.75, 3.05) is 47.3 Å². The number of piperidine rings is 1. The zero-order valence-corrected chi connectivity index (χ0v) is 19.8. The van der Waals surface area contributed by atoms with Gasteiger partial charge in [0, 0.05) is 43.8 Å². The van der Waals surface area contributed by atoms with Crippen LogP contribution in [-0.4, -0.2) is 72.9 Å². The van der Waals surface area contributed by atoms with Gasteiger partial charge in [-0.2, -0.15) is 5.10 Å². The lowest BCUT2D eigenvalue weighted by molar-refractivity contribution is 0.140. The fraction of sp³-hybridized carbons (Fsp3) is 0.636. The lowest BCUT2D eigenvalue weighted by atomic mass is 9.97. The molecule has 0 aromatic carbocycles. The summed E-state index contributed by atoms with van der Waals surface area (Å²) in [4.78, 5) is 10.7. The van der Waals surface area contributed by atoms with Gasteiger partial charge in [-0.25, -0.2) is 0 Å². The standard InChI is InChI=1S/C22H37N7S/c1-17-8-10-29(11-9-17)20(21-7-6-12-30-21)15-25-22(23-2)24-14-19(27(3)4)18-13-26-28(5)16-18/h6-7,12-13,16-17,19-20H,8-11,14-15H2,1-5H3,(H2,23,24,25). The number of hydrogen-bond acceptors (Lipinski definition) is 5. The maximum atomic E-state index is 4.47. The summed E-state index contributed by atoms with van der Waals surface area (Å²) in [5.74, 6) is 1.68. The second kappa shape index (κ2) is 10.9. The molecule has 2 atom stereocenters. The van der Waals surface area contributed by atoms with Crippen LogP contribution in [0.3, 0.4) is 0 Å². The van der Waals surface area contributed by atoms with Crippen molar-refractivity contribution in [3.05, 3.63) is 40.3 Å². The number of likely N-dealkylation sites (tertiary alicyclic amines) is 1. The van der Waals surface area contributed by atoms with Crippen LogP contribution >= 0.6 is 11.3 Å². The number of aliphatic imine (C=N–C) groups is 1. The second-order valence-electron chi connectivity index (χ2n) is 8.51. The molecule has 1 saturated heterocycles. The van der Waals surface area contributed by atoms with Gasteiger partial charge in [-0.3, -0.25) is 14.6 Å². The van der Waals surface area contributed by atoms with Crippen molar-refractivity contribution < 1.29 is 0 Å². The third-order valence-electron chi connectivity index (χ3n) is 6.01. The Bertz CT molecular complexity index is 775. The third-order valence-corrected chi connectivity index (χ3v) is 6.99. The fourth-order valence-corrected chi connectivity index (χ4v) is 4.91. The minimum absolute atomic E-state index is 0.230. The van der Waals surface area contributed by atoms with Gasteiger partial charge in [0.2, 0.25) is 0 Å². The molecule has 1 aliphatic heterocycles. The number of rotatable bonds is 8. The monoisotopic (exact) mass is 431 g/mol. The van der Waals surface area contributed by atoms with Crippen LogP contribution in [0.25, 0.3) is 0 Å². The number of likely N-dealkylation sites (N-methyl/N-ethyl adjacent to an activating group) is 1. The second-order valence-corrected chi connectivity index (χ2v) is 9.49. The van der Waals surface area contributed by atoms with E-state index in [4.69, 9.17) is 0 Å². The van der Waals surface area contributed by atoms with E-state index in [1.165, 1.54) is 36.4 Å². The highest BCUT2D eigenvalue weighted by atomic mass is 32.1. The van der Waals surface area contributed by atoms with Crippen molar-refractivity contribution in [3.63, 3.8) is 0 Å². The van der Waals surface area contributed by atoms with Crippen LogP contribution in [0, 0.1) is 5.92 Å². The molecule has 8 heteroatoms. The first-order valence-electron chi connectivity index (χ1n) is 10.8. The van der Waals surface area contributed by atoms with E-state index in [1.807, 2.05) is 36.3 Å². The highest BCUT2D eigenvalue weighted by Crippen LogP contribution is 2.29. The van der Waals surface area contributed by atoms with E-state index in [-0.39, 0.29) is 6.04 Å². The normalized spacial score (nSPS) is 18.5. The predicted molar refractivity (Wildman–Crippen MR) is 126 cm³/mol. The first-order valence-corrected chi connectivity index (χ1v) is 11.7. The number of nitrogens with zero attached hydrogens (tertiary/aromatic N) is 5. The van der Waals surface area contributed by atoms with Gasteiger partial charge in [0.1, 0.15) is 0 Å². The lowest BCUT2D eigenvalue weighted by Crippen LogP contribution is -2.46. The number of aryl methyl sites for hydroxylation is 1. The van der Waals surface area contributed by atoms with Crippen molar-refractivity contribution >= 4 is 17.3 Å². The topological polar surface area (TPSA) is 60.7 Å². The van der Waals surface area contributed by atoms with Gasteiger partial charge >= 0.3 is 0 Å². The largest absolute Gasteiger partial charge is 0.354 e. The fourth-order valence-electron chi connectivity index (χ4n) is 4.05. The van der Waals surface area contributed by atoms with Gasteiger partial charge < -0.3 is 15.5 Å². The molecule has 1 fully saturated rings. The van der Waals surface area contributed by atoms with E-state index >= 15 is 0 Å². The SMILES string of the molecule is CN=C(NCC(c1cnn(C)c1)N(C)C)NCC(c1cccs1)N1CCC(C)CC1. The summed E-state index contributed by atoms with van der Waals surface area (Å²) in [5.41, 5.74) is 1.20. The van der Waals surface area contributed by atoms with E-state index < -0.39 is 0 Å².